The minimum absolute atomic E-state index is 0.116. The van der Waals surface area contributed by atoms with Crippen LogP contribution in [0.15, 0.2) is 0 Å². The Kier molecular flexibility index (Phi) is 5.97. The number of aliphatic hydroxyl groups excluding tert-OH is 1. The number of esters is 1. The number of ether oxygens (including phenoxy) is 2. The van der Waals surface area contributed by atoms with Crippen LogP contribution in [0.5, 0.6) is 0 Å². The van der Waals surface area contributed by atoms with Crippen molar-refractivity contribution >= 4 is 5.97 Å². The Labute approximate surface area is 70.7 Å². The lowest BCUT2D eigenvalue weighted by atomic mass is 10.4. The molecule has 0 spiro atoms. The third kappa shape index (κ3) is 5.65. The summed E-state index contributed by atoms with van der Waals surface area (Å²) in [5, 5.41) is 8.99. The van der Waals surface area contributed by atoms with Crippen molar-refractivity contribution in [2.75, 3.05) is 26.9 Å². The number of methoxy groups -OCH3 is 1. The summed E-state index contributed by atoms with van der Waals surface area (Å²) in [5.74, 6) is -0.625. The molecule has 0 saturated heterocycles. The molecule has 0 amide bonds. The van der Waals surface area contributed by atoms with Crippen LogP contribution in [0.25, 0.3) is 4.85 Å². The van der Waals surface area contributed by atoms with E-state index in [1.165, 1.54) is 7.11 Å². The van der Waals surface area contributed by atoms with Crippen LogP contribution in [0.2, 0.25) is 0 Å². The van der Waals surface area contributed by atoms with Gasteiger partial charge in [-0.25, -0.2) is 11.4 Å². The monoisotopic (exact) mass is 173 g/mol. The minimum atomic E-state index is -0.815. The molecule has 0 aromatic heterocycles. The predicted octanol–water partition coefficient (Wildman–Crippen LogP) is -0.544. The molecule has 68 valence electrons. The zero-order valence-corrected chi connectivity index (χ0v) is 6.82. The molecule has 12 heavy (non-hydrogen) atoms. The van der Waals surface area contributed by atoms with Crippen LogP contribution >= 0.6 is 0 Å². The van der Waals surface area contributed by atoms with Crippen molar-refractivity contribution < 1.29 is 19.4 Å². The van der Waals surface area contributed by atoms with E-state index in [2.05, 4.69) is 14.3 Å². The molecule has 5 nitrogen and oxygen atoms in total. The quantitative estimate of drug-likeness (QED) is 0.448. The largest absolute Gasteiger partial charge is 0.457 e. The van der Waals surface area contributed by atoms with Crippen LogP contribution in [-0.4, -0.2) is 44.0 Å². The number of hydrogen-bond acceptors (Lipinski definition) is 4. The van der Waals surface area contributed by atoms with Gasteiger partial charge in [-0.05, 0) is 0 Å². The number of aliphatic hydroxyl groups is 1. The van der Waals surface area contributed by atoms with Gasteiger partial charge >= 0.3 is 12.5 Å². The Morgan fingerprint density at radius 3 is 2.83 bits per heavy atom. The fourth-order valence-corrected chi connectivity index (χ4v) is 0.540. The molecule has 1 unspecified atom stereocenters. The second-order valence-electron chi connectivity index (χ2n) is 2.11. The molecule has 0 radical (unpaired) electrons. The molecule has 5 heteroatoms. The minimum Gasteiger partial charge on any atom is -0.457 e. The summed E-state index contributed by atoms with van der Waals surface area (Å²) in [6, 6.07) is 0. The van der Waals surface area contributed by atoms with Crippen molar-refractivity contribution in [2.24, 2.45) is 0 Å². The van der Waals surface area contributed by atoms with Gasteiger partial charge in [0.15, 0.2) is 0 Å². The molecule has 0 aromatic rings. The zero-order valence-electron chi connectivity index (χ0n) is 6.82. The number of carbonyl (C=O) groups is 1. The van der Waals surface area contributed by atoms with E-state index in [-0.39, 0.29) is 19.8 Å². The Bertz CT molecular complexity index is 175. The van der Waals surface area contributed by atoms with Gasteiger partial charge < -0.3 is 19.4 Å². The van der Waals surface area contributed by atoms with E-state index in [0.717, 1.165) is 0 Å². The van der Waals surface area contributed by atoms with Gasteiger partial charge in [0.25, 0.3) is 0 Å². The zero-order chi connectivity index (χ0) is 9.40. The van der Waals surface area contributed by atoms with Crippen molar-refractivity contribution in [2.45, 2.75) is 6.10 Å². The molecular weight excluding hydrogens is 162 g/mol. The highest BCUT2D eigenvalue weighted by atomic mass is 16.5. The van der Waals surface area contributed by atoms with Gasteiger partial charge in [-0.1, -0.05) is 0 Å². The third-order valence-corrected chi connectivity index (χ3v) is 1.00. The molecule has 1 N–H and O–H groups in total. The Hall–Kier alpha value is -1.12. The lowest BCUT2D eigenvalue weighted by molar-refractivity contribution is -0.145. The molecule has 0 rings (SSSR count). The number of rotatable bonds is 5. The predicted molar refractivity (Wildman–Crippen MR) is 40.3 cm³/mol. The summed E-state index contributed by atoms with van der Waals surface area (Å²) in [5.41, 5.74) is 0. The van der Waals surface area contributed by atoms with Crippen LogP contribution in [0.4, 0.5) is 0 Å². The summed E-state index contributed by atoms with van der Waals surface area (Å²) in [7, 11) is 1.43. The fraction of sp³-hybridized carbons (Fsp3) is 0.714. The number of hydrogen-bond donors (Lipinski definition) is 1. The maximum Gasteiger partial charge on any atom is 0.387 e. The van der Waals surface area contributed by atoms with Crippen LogP contribution < -0.4 is 0 Å². The number of nitrogens with zero attached hydrogens (tertiary/aromatic N) is 1. The fourth-order valence-electron chi connectivity index (χ4n) is 0.540. The van der Waals surface area contributed by atoms with Crippen molar-refractivity contribution in [1.29, 1.82) is 0 Å². The van der Waals surface area contributed by atoms with E-state index in [1.807, 2.05) is 0 Å². The summed E-state index contributed by atoms with van der Waals surface area (Å²) < 4.78 is 9.11. The molecule has 0 aliphatic rings. The molecule has 0 aliphatic carbocycles. The molecule has 1 atom stereocenters. The smallest absolute Gasteiger partial charge is 0.387 e. The highest BCUT2D eigenvalue weighted by molar-refractivity contribution is 5.73. The summed E-state index contributed by atoms with van der Waals surface area (Å²) in [6.07, 6.45) is -0.815. The van der Waals surface area contributed by atoms with Crippen LogP contribution in [0.3, 0.4) is 0 Å². The van der Waals surface area contributed by atoms with E-state index >= 15 is 0 Å². The van der Waals surface area contributed by atoms with Gasteiger partial charge in [0.2, 0.25) is 0 Å². The van der Waals surface area contributed by atoms with E-state index < -0.39 is 12.1 Å². The van der Waals surface area contributed by atoms with E-state index in [1.54, 1.807) is 0 Å². The van der Waals surface area contributed by atoms with Crippen LogP contribution in [0.1, 0.15) is 0 Å². The van der Waals surface area contributed by atoms with E-state index in [4.69, 9.17) is 11.7 Å². The normalized spacial score (nSPS) is 11.8. The molecule has 0 bridgehead atoms. The maximum absolute atomic E-state index is 10.6. The van der Waals surface area contributed by atoms with Crippen LogP contribution in [0, 0.1) is 6.57 Å². The first-order valence-corrected chi connectivity index (χ1v) is 3.36. The van der Waals surface area contributed by atoms with E-state index in [0.29, 0.717) is 0 Å². The highest BCUT2D eigenvalue weighted by Gasteiger charge is 2.09. The molecule has 0 heterocycles. The lowest BCUT2D eigenvalue weighted by Gasteiger charge is -2.07. The Morgan fingerprint density at radius 2 is 2.33 bits per heavy atom. The second kappa shape index (κ2) is 6.58. The summed E-state index contributed by atoms with van der Waals surface area (Å²) >= 11 is 0. The first kappa shape index (κ1) is 10.9. The molecule has 0 aromatic carbocycles. The summed E-state index contributed by atoms with van der Waals surface area (Å²) in [4.78, 5) is 13.4. The number of carbonyl (C=O) groups excluding carboxylic acids is 1. The first-order chi connectivity index (χ1) is 5.70. The third-order valence-electron chi connectivity index (χ3n) is 1.00. The first-order valence-electron chi connectivity index (χ1n) is 3.36. The van der Waals surface area contributed by atoms with Gasteiger partial charge in [-0.3, -0.25) is 0 Å². The Balaban J connectivity index is 3.41. The SMILES string of the molecule is [C-]#[N+]CC(=O)OCC(O)COC. The van der Waals surface area contributed by atoms with E-state index in [9.17, 15) is 4.79 Å². The molecule has 0 saturated carbocycles. The van der Waals surface area contributed by atoms with Crippen molar-refractivity contribution in [3.63, 3.8) is 0 Å². The maximum atomic E-state index is 10.6. The average molecular weight is 173 g/mol. The molecule has 0 aliphatic heterocycles. The lowest BCUT2D eigenvalue weighted by Crippen LogP contribution is -2.23. The molecule has 0 fully saturated rings. The second-order valence-corrected chi connectivity index (χ2v) is 2.11. The van der Waals surface area contributed by atoms with Gasteiger partial charge in [0, 0.05) is 7.11 Å². The average Bonchev–Trinajstić information content (AvgIpc) is 2.02. The topological polar surface area (TPSA) is 60.1 Å². The highest BCUT2D eigenvalue weighted by Crippen LogP contribution is 1.87. The van der Waals surface area contributed by atoms with Gasteiger partial charge in [0.1, 0.15) is 12.7 Å². The van der Waals surface area contributed by atoms with Gasteiger partial charge in [-0.15, -0.1) is 0 Å². The van der Waals surface area contributed by atoms with Crippen LogP contribution in [-0.2, 0) is 14.3 Å². The van der Waals surface area contributed by atoms with Gasteiger partial charge in [-0.2, -0.15) is 0 Å². The van der Waals surface area contributed by atoms with Crippen molar-refractivity contribution in [3.8, 4) is 0 Å². The molecular formula is C7H11NO4. The van der Waals surface area contributed by atoms with Crippen molar-refractivity contribution in [1.82, 2.24) is 0 Å². The summed E-state index contributed by atoms with van der Waals surface area (Å²) in [6.45, 7) is 6.02. The van der Waals surface area contributed by atoms with Gasteiger partial charge in [0.05, 0.1) is 6.61 Å². The van der Waals surface area contributed by atoms with Crippen molar-refractivity contribution in [3.05, 3.63) is 11.4 Å². The Morgan fingerprint density at radius 1 is 1.67 bits per heavy atom. The standard InChI is InChI=1S/C7H11NO4/c1-8-3-7(10)12-5-6(9)4-11-2/h6,9H,3-5H2,2H3.